The molecule has 2 aliphatic heterocycles. The maximum absolute atomic E-state index is 14.3. The molecule has 0 N–H and O–H groups in total. The van der Waals surface area contributed by atoms with Crippen LogP contribution in [-0.2, 0) is 110 Å². The third kappa shape index (κ3) is 22.5. The van der Waals surface area contributed by atoms with Crippen molar-refractivity contribution in [3.63, 3.8) is 0 Å². The quantitative estimate of drug-likeness (QED) is 0.0335. The highest BCUT2D eigenvalue weighted by molar-refractivity contribution is 5.89. The number of carbonyl (C=O) groups is 12. The predicted octanol–water partition coefficient (Wildman–Crippen LogP) is 5.65. The summed E-state index contributed by atoms with van der Waals surface area (Å²) >= 11 is 0. The van der Waals surface area contributed by atoms with Gasteiger partial charge in [-0.05, 0) is 95.1 Å². The van der Waals surface area contributed by atoms with Crippen LogP contribution in [0.25, 0.3) is 24.3 Å². The van der Waals surface area contributed by atoms with Gasteiger partial charge < -0.3 is 71.1 Å². The summed E-state index contributed by atoms with van der Waals surface area (Å²) in [5.41, 5.74) is 1.63. The predicted molar refractivity (Wildman–Crippen MR) is 309 cm³/mol. The van der Waals surface area contributed by atoms with Crippen molar-refractivity contribution in [2.24, 2.45) is 0 Å². The summed E-state index contributed by atoms with van der Waals surface area (Å²) in [7, 11) is 0. The van der Waals surface area contributed by atoms with E-state index in [1.54, 1.807) is 0 Å². The largest absolute Gasteiger partial charge is 0.460 e. The smallest absolute Gasteiger partial charge is 0.331 e. The molecule has 9 atom stereocenters. The van der Waals surface area contributed by atoms with Gasteiger partial charge in [0.15, 0.2) is 30.5 Å². The second-order valence-electron chi connectivity index (χ2n) is 19.6. The summed E-state index contributed by atoms with van der Waals surface area (Å²) in [6.07, 6.45) is -6.59. The lowest BCUT2D eigenvalue weighted by atomic mass is 9.97. The first-order valence-corrected chi connectivity index (χ1v) is 27.5. The second kappa shape index (κ2) is 33.1. The zero-order chi connectivity index (χ0) is 66.4. The van der Waals surface area contributed by atoms with Gasteiger partial charge in [-0.25, -0.2) is 19.2 Å². The number of rotatable bonds is 25. The maximum atomic E-state index is 14.3. The van der Waals surface area contributed by atoms with E-state index < -0.39 is 146 Å². The van der Waals surface area contributed by atoms with Gasteiger partial charge in [-0.2, -0.15) is 0 Å². The van der Waals surface area contributed by atoms with E-state index in [-0.39, 0.29) is 23.0 Å². The summed E-state index contributed by atoms with van der Waals surface area (Å²) in [4.78, 5) is 153. The summed E-state index contributed by atoms with van der Waals surface area (Å²) in [5, 5.41) is 0. The summed E-state index contributed by atoms with van der Waals surface area (Å²) in [6, 6.07) is 23.6. The average Bonchev–Trinajstić information content (AvgIpc) is 1.67. The molecule has 2 aliphatic rings. The molecule has 0 spiro atoms. The Morgan fingerprint density at radius 3 is 1.04 bits per heavy atom. The molecule has 0 amide bonds. The molecule has 2 heterocycles. The van der Waals surface area contributed by atoms with Crippen LogP contribution < -0.4 is 18.9 Å². The Kier molecular flexibility index (Phi) is 25.3. The van der Waals surface area contributed by atoms with Crippen molar-refractivity contribution in [1.82, 2.24) is 0 Å². The zero-order valence-electron chi connectivity index (χ0n) is 50.1. The van der Waals surface area contributed by atoms with Crippen LogP contribution in [0, 0.1) is 0 Å². The Morgan fingerprint density at radius 2 is 0.681 bits per heavy atom. The van der Waals surface area contributed by atoms with Crippen molar-refractivity contribution in [2.75, 3.05) is 19.8 Å². The van der Waals surface area contributed by atoms with Crippen LogP contribution in [0.3, 0.4) is 0 Å². The SMILES string of the molecule is CC(=O)Oc1ccc(/C=C/C(=O)OC[C@H]2O[C@@](COC(=O)/C=C/c3ccc(OC(C)=O)cc3)(O[C@H]3O[C@H](COC(=O)/C=C/c4ccc(OC(C)=O)cc4)[C@@H](OC(C)=O)[C@H](OC(C)=O)[C@H]3OC(C)=O)[C@@H](OC(=O)/C=C/c3ccc(OC(C)=O)cc3)[C@@H]2OC(C)=O)cc1. The van der Waals surface area contributed by atoms with E-state index in [1.807, 2.05) is 0 Å². The maximum Gasteiger partial charge on any atom is 0.331 e. The number of hydrogen-bond donors (Lipinski definition) is 0. The van der Waals surface area contributed by atoms with Crippen LogP contribution in [0.15, 0.2) is 121 Å². The molecule has 2 saturated heterocycles. The van der Waals surface area contributed by atoms with Crippen molar-refractivity contribution >= 4 is 95.9 Å². The van der Waals surface area contributed by atoms with Crippen molar-refractivity contribution in [2.45, 2.75) is 110 Å². The first-order chi connectivity index (χ1) is 43.2. The molecule has 0 radical (unpaired) electrons. The lowest BCUT2D eigenvalue weighted by Crippen LogP contribution is -2.65. The van der Waals surface area contributed by atoms with Crippen molar-refractivity contribution < 1.29 is 129 Å². The van der Waals surface area contributed by atoms with E-state index in [4.69, 9.17) is 71.1 Å². The van der Waals surface area contributed by atoms with Crippen molar-refractivity contribution in [3.8, 4) is 23.0 Å². The minimum atomic E-state index is -2.91. The Hall–Kier alpha value is -10.6. The number of esters is 12. The third-order valence-corrected chi connectivity index (χ3v) is 12.2. The van der Waals surface area contributed by atoms with Gasteiger partial charge in [0.25, 0.3) is 0 Å². The van der Waals surface area contributed by atoms with Gasteiger partial charge >= 0.3 is 71.6 Å². The molecule has 0 bridgehead atoms. The van der Waals surface area contributed by atoms with Crippen molar-refractivity contribution in [3.05, 3.63) is 144 Å². The van der Waals surface area contributed by atoms with Gasteiger partial charge in [-0.1, -0.05) is 48.5 Å². The lowest BCUT2D eigenvalue weighted by Gasteiger charge is -2.46. The fourth-order valence-corrected chi connectivity index (χ4v) is 8.69. The summed E-state index contributed by atoms with van der Waals surface area (Å²) in [5.74, 6) is -13.1. The first-order valence-electron chi connectivity index (χ1n) is 27.5. The van der Waals surface area contributed by atoms with E-state index in [0.717, 1.165) is 52.0 Å². The van der Waals surface area contributed by atoms with Crippen LogP contribution >= 0.6 is 0 Å². The van der Waals surface area contributed by atoms with Gasteiger partial charge in [0.05, 0.1) is 0 Å². The molecule has 4 aromatic rings. The van der Waals surface area contributed by atoms with Gasteiger partial charge in [-0.15, -0.1) is 0 Å². The fourth-order valence-electron chi connectivity index (χ4n) is 8.69. The lowest BCUT2D eigenvalue weighted by molar-refractivity contribution is -0.384. The van der Waals surface area contributed by atoms with Gasteiger partial charge in [-0.3, -0.25) is 38.4 Å². The molecule has 4 aromatic carbocycles. The Balaban J connectivity index is 1.46. The number of ether oxygens (including phenoxy) is 15. The van der Waals surface area contributed by atoms with Crippen LogP contribution in [0.2, 0.25) is 0 Å². The number of benzene rings is 4. The van der Waals surface area contributed by atoms with E-state index in [0.29, 0.717) is 22.3 Å². The minimum Gasteiger partial charge on any atom is -0.460 e. The highest BCUT2D eigenvalue weighted by atomic mass is 16.8. The molecule has 0 saturated carbocycles. The van der Waals surface area contributed by atoms with Gasteiger partial charge in [0.2, 0.25) is 12.1 Å². The van der Waals surface area contributed by atoms with Gasteiger partial charge in [0, 0.05) is 79.7 Å². The molecule has 0 unspecified atom stereocenters. The Morgan fingerprint density at radius 1 is 0.363 bits per heavy atom. The molecular formula is C64H62O27. The first kappa shape index (κ1) is 69.5. The zero-order valence-corrected chi connectivity index (χ0v) is 50.1. The van der Waals surface area contributed by atoms with Crippen LogP contribution in [0.5, 0.6) is 23.0 Å². The van der Waals surface area contributed by atoms with E-state index in [2.05, 4.69) is 0 Å². The molecule has 27 heteroatoms. The van der Waals surface area contributed by atoms with E-state index in [1.165, 1.54) is 149 Å². The Bertz CT molecular complexity index is 3440. The molecule has 0 aliphatic carbocycles. The standard InChI is InChI=1S/C64H62O27/c1-36(65)80-48-21-9-44(10-22-48)17-29-54(73)77-33-52-58(84-40(5)69)60(86-42(7)71)61(87-43(8)72)63(88-52)91-64(35-79-56(75)31-19-46-13-25-50(26-14-46)82-38(3)67)62(89-57(76)32-20-47-15-27-51(28-16-47)83-39(4)68)59(85-41(6)70)53(90-64)34-78-55(74)30-18-45-11-23-49(24-12-45)81-37(2)66/h9-32,52-53,58-63H,33-35H2,1-8H3/b29-17+,30-18+,31-19+,32-20+/t52-,53-,58-,59-,60+,61-,62+,63-,64+/m1/s1. The van der Waals surface area contributed by atoms with Crippen LogP contribution in [0.1, 0.15) is 77.6 Å². The molecule has 91 heavy (non-hydrogen) atoms. The number of carbonyl (C=O) groups excluding carboxylic acids is 12. The number of hydrogen-bond acceptors (Lipinski definition) is 27. The highest BCUT2D eigenvalue weighted by Crippen LogP contribution is 2.42. The van der Waals surface area contributed by atoms with E-state index >= 15 is 0 Å². The topological polar surface area (TPSA) is 343 Å². The van der Waals surface area contributed by atoms with Crippen LogP contribution in [-0.4, -0.2) is 146 Å². The molecule has 27 nitrogen and oxygen atoms in total. The summed E-state index contributed by atoms with van der Waals surface area (Å²) < 4.78 is 85.6. The molecule has 480 valence electrons. The average molecular weight is 1260 g/mol. The third-order valence-electron chi connectivity index (χ3n) is 12.2. The van der Waals surface area contributed by atoms with Crippen molar-refractivity contribution in [1.29, 1.82) is 0 Å². The minimum absolute atomic E-state index is 0.172. The fraction of sp³-hybridized carbons (Fsp3) is 0.312. The van der Waals surface area contributed by atoms with Gasteiger partial charge in [0.1, 0.15) is 55.0 Å². The second-order valence-corrected chi connectivity index (χ2v) is 19.6. The van der Waals surface area contributed by atoms with Crippen LogP contribution in [0.4, 0.5) is 0 Å². The molecule has 6 rings (SSSR count). The monoisotopic (exact) mass is 1260 g/mol. The van der Waals surface area contributed by atoms with E-state index in [9.17, 15) is 57.5 Å². The molecule has 0 aromatic heterocycles. The molecule has 2 fully saturated rings. The highest BCUT2D eigenvalue weighted by Gasteiger charge is 2.65. The normalized spacial score (nSPS) is 21.0. The summed E-state index contributed by atoms with van der Waals surface area (Å²) in [6.45, 7) is 5.70. The molecular weight excluding hydrogens is 1200 g/mol. The Labute approximate surface area is 519 Å².